The molecule has 0 saturated carbocycles. The Balaban J connectivity index is 2.25. The molecular weight excluding hydrogens is 613 g/mol. The summed E-state index contributed by atoms with van der Waals surface area (Å²) in [4.78, 5) is 11.9. The minimum Gasteiger partial charge on any atom is -0.497 e. The second kappa shape index (κ2) is 17.8. The topological polar surface area (TPSA) is 72.5 Å². The third-order valence-corrected chi connectivity index (χ3v) is 18.4. The van der Waals surface area contributed by atoms with Crippen LogP contribution in [-0.2, 0) is 36.3 Å². The summed E-state index contributed by atoms with van der Waals surface area (Å²) < 4.78 is 36.9. The van der Waals surface area contributed by atoms with E-state index in [-0.39, 0.29) is 22.3 Å². The van der Waals surface area contributed by atoms with Crippen molar-refractivity contribution in [1.82, 2.24) is 0 Å². The summed E-state index contributed by atoms with van der Waals surface area (Å²) in [6.45, 7) is 24.2. The Kier molecular flexibility index (Phi) is 15.4. The zero-order valence-electron chi connectivity index (χ0n) is 30.5. The molecule has 46 heavy (non-hydrogen) atoms. The molecule has 2 rings (SSSR count). The van der Waals surface area contributed by atoms with Gasteiger partial charge in [-0.2, -0.15) is 0 Å². The van der Waals surface area contributed by atoms with Crippen LogP contribution in [0.1, 0.15) is 65.5 Å². The number of hydrogen-bond donors (Lipinski definition) is 0. The quantitative estimate of drug-likeness (QED) is 0.0837. The SMILES string of the molecule is COc1ccc(COCC(CC(=CC=O)C[C@H](COCc2ccc(OC)cc2)O[Si](C)(C)C(C)(C)C)O[Si](C)(C)C(C)(C)C)cc1. The van der Waals surface area contributed by atoms with Gasteiger partial charge in [0, 0.05) is 0 Å². The Bertz CT molecular complexity index is 1120. The maximum Gasteiger partial charge on any atom is 0.192 e. The maximum absolute atomic E-state index is 11.9. The van der Waals surface area contributed by atoms with Crippen LogP contribution in [0.25, 0.3) is 0 Å². The molecule has 0 spiro atoms. The highest BCUT2D eigenvalue weighted by atomic mass is 28.4. The molecule has 0 aliphatic rings. The normalized spacial score (nSPS) is 14.6. The number of ether oxygens (including phenoxy) is 4. The fourth-order valence-corrected chi connectivity index (χ4v) is 7.09. The number of methoxy groups -OCH3 is 2. The van der Waals surface area contributed by atoms with Gasteiger partial charge in [-0.05, 0) is 90.6 Å². The van der Waals surface area contributed by atoms with E-state index in [4.69, 9.17) is 27.8 Å². The minimum atomic E-state index is -2.14. The Morgan fingerprint density at radius 2 is 1.00 bits per heavy atom. The van der Waals surface area contributed by atoms with Gasteiger partial charge in [-0.3, -0.25) is 4.79 Å². The van der Waals surface area contributed by atoms with E-state index in [9.17, 15) is 4.79 Å². The Morgan fingerprint density at radius 1 is 0.652 bits per heavy atom. The van der Waals surface area contributed by atoms with Gasteiger partial charge in [0.1, 0.15) is 17.8 Å². The highest BCUT2D eigenvalue weighted by Crippen LogP contribution is 2.40. The van der Waals surface area contributed by atoms with Gasteiger partial charge in [-0.1, -0.05) is 71.4 Å². The minimum absolute atomic E-state index is 0.0268. The summed E-state index contributed by atoms with van der Waals surface area (Å²) >= 11 is 0. The molecule has 0 radical (unpaired) electrons. The highest BCUT2D eigenvalue weighted by molar-refractivity contribution is 6.74. The average molecular weight is 673 g/mol. The second-order valence-corrected chi connectivity index (χ2v) is 24.6. The molecule has 0 aromatic heterocycles. The molecule has 0 heterocycles. The maximum atomic E-state index is 11.9. The van der Waals surface area contributed by atoms with E-state index in [1.54, 1.807) is 20.3 Å². The van der Waals surface area contributed by atoms with Gasteiger partial charge in [0.05, 0.1) is 52.9 Å². The molecule has 2 atom stereocenters. The van der Waals surface area contributed by atoms with Crippen LogP contribution in [0.3, 0.4) is 0 Å². The summed E-state index contributed by atoms with van der Waals surface area (Å²) in [6.07, 6.45) is 3.28. The summed E-state index contributed by atoms with van der Waals surface area (Å²) in [5.41, 5.74) is 3.10. The van der Waals surface area contributed by atoms with Crippen molar-refractivity contribution in [3.05, 3.63) is 71.3 Å². The monoisotopic (exact) mass is 672 g/mol. The fraction of sp³-hybridized carbons (Fsp3) is 0.595. The molecule has 9 heteroatoms. The van der Waals surface area contributed by atoms with Crippen molar-refractivity contribution < 1.29 is 32.6 Å². The summed E-state index contributed by atoms with van der Waals surface area (Å²) in [7, 11) is -0.955. The van der Waals surface area contributed by atoms with E-state index in [0.29, 0.717) is 39.3 Å². The molecule has 1 unspecified atom stereocenters. The molecule has 2 aromatic rings. The number of carbonyl (C=O) groups excluding carboxylic acids is 1. The Morgan fingerprint density at radius 3 is 1.28 bits per heavy atom. The van der Waals surface area contributed by atoms with Gasteiger partial charge in [-0.15, -0.1) is 0 Å². The standard InChI is InChI=1S/C37H60O7Si2/c1-36(2,3)45(9,10)43-34(27-41-25-29-13-17-32(39-7)18-14-29)23-31(21-22-38)24-35(44-46(11,12)37(4,5)6)28-42-26-30-15-19-33(40-8)20-16-30/h13-22,34-35H,23-28H2,1-12H3/t34-,35?/m1/s1. The lowest BCUT2D eigenvalue weighted by atomic mass is 10.0. The third-order valence-electron chi connectivity index (χ3n) is 9.28. The molecular formula is C37H60O7Si2. The molecule has 0 amide bonds. The first-order valence-corrected chi connectivity index (χ1v) is 22.1. The fourth-order valence-electron chi connectivity index (χ4n) is 4.42. The number of rotatable bonds is 19. The van der Waals surface area contributed by atoms with Crippen LogP contribution in [0.5, 0.6) is 11.5 Å². The second-order valence-electron chi connectivity index (χ2n) is 15.1. The summed E-state index contributed by atoms with van der Waals surface area (Å²) in [5.74, 6) is 1.63. The molecule has 0 saturated heterocycles. The lowest BCUT2D eigenvalue weighted by Crippen LogP contribution is -2.46. The average Bonchev–Trinajstić information content (AvgIpc) is 2.96. The molecule has 2 aromatic carbocycles. The largest absolute Gasteiger partial charge is 0.497 e. The number of hydrogen-bond acceptors (Lipinski definition) is 7. The zero-order valence-corrected chi connectivity index (χ0v) is 32.5. The smallest absolute Gasteiger partial charge is 0.192 e. The van der Waals surface area contributed by atoms with Crippen LogP contribution in [0, 0.1) is 0 Å². The summed E-state index contributed by atoms with van der Waals surface area (Å²) in [5, 5.41) is 0.0537. The predicted molar refractivity (Wildman–Crippen MR) is 193 cm³/mol. The first-order valence-electron chi connectivity index (χ1n) is 16.3. The molecule has 258 valence electrons. The van der Waals surface area contributed by atoms with Crippen molar-refractivity contribution in [1.29, 1.82) is 0 Å². The highest BCUT2D eigenvalue weighted by Gasteiger charge is 2.41. The molecule has 0 aliphatic carbocycles. The van der Waals surface area contributed by atoms with Gasteiger partial charge in [0.2, 0.25) is 0 Å². The summed E-state index contributed by atoms with van der Waals surface area (Å²) in [6, 6.07) is 15.8. The zero-order chi connectivity index (χ0) is 34.6. The third kappa shape index (κ3) is 13.1. The first kappa shape index (κ1) is 39.9. The van der Waals surface area contributed by atoms with Crippen LogP contribution in [0.2, 0.25) is 36.3 Å². The lowest BCUT2D eigenvalue weighted by molar-refractivity contribution is -0.104. The Hall–Kier alpha value is -2.28. The van der Waals surface area contributed by atoms with Gasteiger partial charge in [-0.25, -0.2) is 0 Å². The van der Waals surface area contributed by atoms with Crippen LogP contribution in [0.15, 0.2) is 60.2 Å². The van der Waals surface area contributed by atoms with E-state index in [0.717, 1.165) is 34.5 Å². The van der Waals surface area contributed by atoms with Crippen LogP contribution in [0.4, 0.5) is 0 Å². The van der Waals surface area contributed by atoms with Gasteiger partial charge >= 0.3 is 0 Å². The van der Waals surface area contributed by atoms with Crippen LogP contribution < -0.4 is 9.47 Å². The predicted octanol–water partition coefficient (Wildman–Crippen LogP) is 9.12. The number of carbonyl (C=O) groups is 1. The van der Waals surface area contributed by atoms with Crippen LogP contribution >= 0.6 is 0 Å². The van der Waals surface area contributed by atoms with Crippen molar-refractivity contribution in [3.8, 4) is 11.5 Å². The molecule has 0 fully saturated rings. The molecule has 0 N–H and O–H groups in total. The molecule has 7 nitrogen and oxygen atoms in total. The van der Waals surface area contributed by atoms with E-state index in [1.807, 2.05) is 48.5 Å². The lowest BCUT2D eigenvalue weighted by Gasteiger charge is -2.40. The Labute approximate surface area is 281 Å². The number of benzene rings is 2. The number of aldehydes is 1. The first-order chi connectivity index (χ1) is 21.4. The van der Waals surface area contributed by atoms with Crippen LogP contribution in [-0.4, -0.2) is 62.6 Å². The number of allylic oxidation sites excluding steroid dienone is 1. The van der Waals surface area contributed by atoms with Crippen molar-refractivity contribution >= 4 is 22.9 Å². The van der Waals surface area contributed by atoms with E-state index in [1.165, 1.54) is 0 Å². The van der Waals surface area contributed by atoms with E-state index >= 15 is 0 Å². The van der Waals surface area contributed by atoms with E-state index < -0.39 is 16.6 Å². The van der Waals surface area contributed by atoms with Gasteiger partial charge < -0.3 is 27.8 Å². The van der Waals surface area contributed by atoms with Crippen molar-refractivity contribution in [2.24, 2.45) is 0 Å². The van der Waals surface area contributed by atoms with Crippen molar-refractivity contribution in [2.45, 2.75) is 116 Å². The molecule has 0 bridgehead atoms. The molecule has 0 aliphatic heterocycles. The van der Waals surface area contributed by atoms with Gasteiger partial charge in [0.15, 0.2) is 16.6 Å². The van der Waals surface area contributed by atoms with Crippen molar-refractivity contribution in [2.75, 3.05) is 27.4 Å². The van der Waals surface area contributed by atoms with E-state index in [2.05, 4.69) is 67.7 Å². The van der Waals surface area contributed by atoms with Gasteiger partial charge in [0.25, 0.3) is 0 Å². The van der Waals surface area contributed by atoms with Crippen molar-refractivity contribution in [3.63, 3.8) is 0 Å².